The minimum Gasteiger partial charge on any atom is -0.379 e. The van der Waals surface area contributed by atoms with Crippen molar-refractivity contribution >= 4 is 11.7 Å². The number of nitrogens with zero attached hydrogens (tertiary/aromatic N) is 5. The maximum absolute atomic E-state index is 12.2. The zero-order chi connectivity index (χ0) is 14.7. The van der Waals surface area contributed by atoms with Crippen LogP contribution in [-0.2, 0) is 6.54 Å². The Bertz CT molecular complexity index is 606. The summed E-state index contributed by atoms with van der Waals surface area (Å²) < 4.78 is 4.47. The molecule has 8 nitrogen and oxygen atoms in total. The third-order valence-corrected chi connectivity index (χ3v) is 3.49. The molecule has 110 valence electrons. The van der Waals surface area contributed by atoms with E-state index in [1.807, 2.05) is 18.2 Å². The predicted molar refractivity (Wildman–Crippen MR) is 74.1 cm³/mol. The van der Waals surface area contributed by atoms with Crippen molar-refractivity contribution in [3.63, 3.8) is 0 Å². The number of nitrogens with two attached hydrogens (primary N) is 1. The summed E-state index contributed by atoms with van der Waals surface area (Å²) in [5.74, 6) is -0.192. The zero-order valence-electron chi connectivity index (χ0n) is 11.5. The standard InChI is InChI=1S/C13H16N6O2/c14-12-11(16-21-17-12)13(20)19-7-5-18(6-8-19)9-10-3-1-2-4-15-10/h1-4H,5-9H2,(H2,14,17). The lowest BCUT2D eigenvalue weighted by molar-refractivity contribution is 0.0617. The van der Waals surface area contributed by atoms with Gasteiger partial charge in [-0.15, -0.1) is 0 Å². The SMILES string of the molecule is Nc1nonc1C(=O)N1CCN(Cc2ccccn2)CC1. The van der Waals surface area contributed by atoms with E-state index < -0.39 is 0 Å². The third kappa shape index (κ3) is 3.00. The highest BCUT2D eigenvalue weighted by Crippen LogP contribution is 2.12. The van der Waals surface area contributed by atoms with Gasteiger partial charge in [0.15, 0.2) is 0 Å². The first-order chi connectivity index (χ1) is 10.2. The molecule has 0 spiro atoms. The molecule has 0 atom stereocenters. The summed E-state index contributed by atoms with van der Waals surface area (Å²) in [5, 5.41) is 6.98. The second-order valence-electron chi connectivity index (χ2n) is 4.89. The summed E-state index contributed by atoms with van der Waals surface area (Å²) in [7, 11) is 0. The van der Waals surface area contributed by atoms with Crippen molar-refractivity contribution in [3.05, 3.63) is 35.8 Å². The van der Waals surface area contributed by atoms with E-state index in [4.69, 9.17) is 5.73 Å². The summed E-state index contributed by atoms with van der Waals surface area (Å²) in [5.41, 5.74) is 6.66. The van der Waals surface area contributed by atoms with Crippen LogP contribution in [0.3, 0.4) is 0 Å². The van der Waals surface area contributed by atoms with Crippen LogP contribution in [0.25, 0.3) is 0 Å². The van der Waals surface area contributed by atoms with Crippen molar-refractivity contribution in [1.29, 1.82) is 0 Å². The number of carbonyl (C=O) groups is 1. The molecular weight excluding hydrogens is 272 g/mol. The van der Waals surface area contributed by atoms with Crippen LogP contribution in [0.1, 0.15) is 16.2 Å². The van der Waals surface area contributed by atoms with Gasteiger partial charge in [0.1, 0.15) is 0 Å². The topological polar surface area (TPSA) is 101 Å². The van der Waals surface area contributed by atoms with Crippen LogP contribution >= 0.6 is 0 Å². The van der Waals surface area contributed by atoms with Crippen molar-refractivity contribution in [2.75, 3.05) is 31.9 Å². The fraction of sp³-hybridized carbons (Fsp3) is 0.385. The third-order valence-electron chi connectivity index (χ3n) is 3.49. The van der Waals surface area contributed by atoms with Crippen LogP contribution < -0.4 is 5.73 Å². The summed E-state index contributed by atoms with van der Waals surface area (Å²) in [6, 6.07) is 5.87. The molecule has 0 unspecified atom stereocenters. The number of anilines is 1. The van der Waals surface area contributed by atoms with Crippen LogP contribution in [0.15, 0.2) is 29.0 Å². The average Bonchev–Trinajstić information content (AvgIpc) is 2.94. The number of amides is 1. The number of hydrogen-bond acceptors (Lipinski definition) is 7. The van der Waals surface area contributed by atoms with Crippen LogP contribution in [0.4, 0.5) is 5.82 Å². The quantitative estimate of drug-likeness (QED) is 0.848. The highest BCUT2D eigenvalue weighted by molar-refractivity contribution is 5.96. The van der Waals surface area contributed by atoms with Crippen LogP contribution in [0.2, 0.25) is 0 Å². The van der Waals surface area contributed by atoms with Gasteiger partial charge in [0.25, 0.3) is 5.91 Å². The normalized spacial score (nSPS) is 16.1. The number of carbonyl (C=O) groups excluding carboxylic acids is 1. The second-order valence-corrected chi connectivity index (χ2v) is 4.89. The summed E-state index contributed by atoms with van der Waals surface area (Å²) in [4.78, 5) is 20.5. The Morgan fingerprint density at radius 1 is 1.24 bits per heavy atom. The highest BCUT2D eigenvalue weighted by atomic mass is 16.6. The number of hydrogen-bond donors (Lipinski definition) is 1. The molecule has 0 bridgehead atoms. The molecule has 1 aliphatic heterocycles. The molecule has 8 heteroatoms. The average molecular weight is 288 g/mol. The molecule has 1 amide bonds. The van der Waals surface area contributed by atoms with Gasteiger partial charge >= 0.3 is 0 Å². The molecule has 1 aliphatic rings. The van der Waals surface area contributed by atoms with Crippen molar-refractivity contribution < 1.29 is 9.42 Å². The molecule has 21 heavy (non-hydrogen) atoms. The van der Waals surface area contributed by atoms with E-state index in [1.54, 1.807) is 11.1 Å². The minimum absolute atomic E-state index is 0.0379. The first kappa shape index (κ1) is 13.5. The van der Waals surface area contributed by atoms with Crippen LogP contribution in [-0.4, -0.2) is 57.2 Å². The molecule has 2 aromatic heterocycles. The van der Waals surface area contributed by atoms with E-state index in [0.29, 0.717) is 13.1 Å². The van der Waals surface area contributed by atoms with Gasteiger partial charge < -0.3 is 10.6 Å². The molecule has 1 saturated heterocycles. The molecule has 0 aliphatic carbocycles. The van der Waals surface area contributed by atoms with Gasteiger partial charge in [-0.25, -0.2) is 4.63 Å². The maximum atomic E-state index is 12.2. The van der Waals surface area contributed by atoms with Gasteiger partial charge in [0.05, 0.1) is 5.69 Å². The Balaban J connectivity index is 1.56. The van der Waals surface area contributed by atoms with Crippen LogP contribution in [0.5, 0.6) is 0 Å². The summed E-state index contributed by atoms with van der Waals surface area (Å²) in [6.45, 7) is 3.60. The van der Waals surface area contributed by atoms with Crippen LogP contribution in [0, 0.1) is 0 Å². The highest BCUT2D eigenvalue weighted by Gasteiger charge is 2.26. The molecule has 0 aromatic carbocycles. The zero-order valence-corrected chi connectivity index (χ0v) is 11.5. The maximum Gasteiger partial charge on any atom is 0.280 e. The molecule has 3 heterocycles. The van der Waals surface area contributed by atoms with Crippen molar-refractivity contribution in [2.24, 2.45) is 0 Å². The molecule has 0 saturated carbocycles. The van der Waals surface area contributed by atoms with Crippen molar-refractivity contribution in [2.45, 2.75) is 6.54 Å². The number of piperazine rings is 1. The van der Waals surface area contributed by atoms with Crippen molar-refractivity contribution in [1.82, 2.24) is 25.1 Å². The molecule has 2 aromatic rings. The van der Waals surface area contributed by atoms with E-state index in [1.165, 1.54) is 0 Å². The molecule has 3 rings (SSSR count). The van der Waals surface area contributed by atoms with Gasteiger partial charge in [0.2, 0.25) is 11.5 Å². The lowest BCUT2D eigenvalue weighted by Gasteiger charge is -2.34. The van der Waals surface area contributed by atoms with E-state index >= 15 is 0 Å². The van der Waals surface area contributed by atoms with E-state index in [-0.39, 0.29) is 17.4 Å². The fourth-order valence-corrected chi connectivity index (χ4v) is 2.32. The van der Waals surface area contributed by atoms with Gasteiger partial charge in [-0.2, -0.15) is 0 Å². The number of pyridine rings is 1. The molecule has 2 N–H and O–H groups in total. The minimum atomic E-state index is -0.230. The lowest BCUT2D eigenvalue weighted by Crippen LogP contribution is -2.48. The molecule has 1 fully saturated rings. The van der Waals surface area contributed by atoms with Gasteiger partial charge in [-0.3, -0.25) is 14.7 Å². The Hall–Kier alpha value is -2.48. The fourth-order valence-electron chi connectivity index (χ4n) is 2.32. The Kier molecular flexibility index (Phi) is 3.78. The first-order valence-electron chi connectivity index (χ1n) is 6.73. The Morgan fingerprint density at radius 3 is 2.67 bits per heavy atom. The van der Waals surface area contributed by atoms with Gasteiger partial charge in [-0.1, -0.05) is 6.07 Å². The van der Waals surface area contributed by atoms with E-state index in [0.717, 1.165) is 25.3 Å². The summed E-state index contributed by atoms with van der Waals surface area (Å²) in [6.07, 6.45) is 1.79. The molecular formula is C13H16N6O2. The van der Waals surface area contributed by atoms with Crippen molar-refractivity contribution in [3.8, 4) is 0 Å². The largest absolute Gasteiger partial charge is 0.379 e. The van der Waals surface area contributed by atoms with E-state index in [2.05, 4.69) is 24.8 Å². The van der Waals surface area contributed by atoms with E-state index in [9.17, 15) is 4.79 Å². The smallest absolute Gasteiger partial charge is 0.280 e. The summed E-state index contributed by atoms with van der Waals surface area (Å²) >= 11 is 0. The second kappa shape index (κ2) is 5.88. The Morgan fingerprint density at radius 2 is 2.05 bits per heavy atom. The number of aromatic nitrogens is 3. The van der Waals surface area contributed by atoms with Gasteiger partial charge in [0, 0.05) is 38.9 Å². The number of rotatable bonds is 3. The lowest BCUT2D eigenvalue weighted by atomic mass is 10.2. The molecule has 0 radical (unpaired) electrons. The van der Waals surface area contributed by atoms with Gasteiger partial charge in [-0.05, 0) is 22.4 Å². The predicted octanol–water partition coefficient (Wildman–Crippen LogP) is 0.00480. The Labute approximate surface area is 121 Å². The first-order valence-corrected chi connectivity index (χ1v) is 6.73. The number of nitrogen functional groups attached to an aromatic ring is 1. The monoisotopic (exact) mass is 288 g/mol.